The second kappa shape index (κ2) is 6.07. The Morgan fingerprint density at radius 1 is 1.53 bits per heavy atom. The van der Waals surface area contributed by atoms with Gasteiger partial charge in [-0.05, 0) is 24.0 Å². The Labute approximate surface area is 104 Å². The maximum atomic E-state index is 8.74. The van der Waals surface area contributed by atoms with Gasteiger partial charge in [0.1, 0.15) is 0 Å². The van der Waals surface area contributed by atoms with Crippen LogP contribution < -0.4 is 0 Å². The van der Waals surface area contributed by atoms with E-state index >= 15 is 0 Å². The van der Waals surface area contributed by atoms with E-state index in [0.29, 0.717) is 10.0 Å². The van der Waals surface area contributed by atoms with Crippen LogP contribution in [0.15, 0.2) is 34.1 Å². The summed E-state index contributed by atoms with van der Waals surface area (Å²) in [5.74, 6) is 0. The van der Waals surface area contributed by atoms with Crippen LogP contribution in [0.4, 0.5) is 0 Å². The van der Waals surface area contributed by atoms with E-state index in [1.54, 1.807) is 11.5 Å². The van der Waals surface area contributed by atoms with Crippen molar-refractivity contribution in [2.45, 2.75) is 18.2 Å². The van der Waals surface area contributed by atoms with Crippen molar-refractivity contribution in [3.8, 4) is 6.07 Å². The third-order valence-corrected chi connectivity index (χ3v) is 3.70. The molecule has 15 heavy (non-hydrogen) atoms. The molecule has 4 heteroatoms. The topological polar surface area (TPSA) is 23.8 Å². The summed E-state index contributed by atoms with van der Waals surface area (Å²) >= 11 is 13.3. The van der Waals surface area contributed by atoms with Crippen molar-refractivity contribution in [2.24, 2.45) is 0 Å². The maximum absolute atomic E-state index is 8.74. The van der Waals surface area contributed by atoms with Crippen LogP contribution in [0, 0.1) is 11.3 Å². The van der Waals surface area contributed by atoms with Crippen LogP contribution in [0.2, 0.25) is 10.0 Å². The smallest absolute Gasteiger partial charge is 0.0952 e. The fourth-order valence-corrected chi connectivity index (χ4v) is 2.25. The van der Waals surface area contributed by atoms with Crippen LogP contribution in [-0.2, 0) is 0 Å². The van der Waals surface area contributed by atoms with Gasteiger partial charge in [-0.3, -0.25) is 0 Å². The summed E-state index contributed by atoms with van der Waals surface area (Å²) in [4.78, 5) is 0.866. The molecule has 0 amide bonds. The van der Waals surface area contributed by atoms with Crippen molar-refractivity contribution in [2.75, 3.05) is 0 Å². The zero-order valence-corrected chi connectivity index (χ0v) is 10.5. The van der Waals surface area contributed by atoms with Gasteiger partial charge in [-0.25, -0.2) is 0 Å². The minimum absolute atomic E-state index is 0.532. The molecule has 0 aliphatic carbocycles. The quantitative estimate of drug-likeness (QED) is 0.568. The second-order valence-electron chi connectivity index (χ2n) is 2.78. The molecular weight excluding hydrogens is 249 g/mol. The van der Waals surface area contributed by atoms with Crippen LogP contribution >= 0.6 is 35.0 Å². The first-order chi connectivity index (χ1) is 7.19. The number of hydrogen-bond donors (Lipinski definition) is 0. The molecule has 0 aromatic heterocycles. The third-order valence-electron chi connectivity index (χ3n) is 1.77. The summed E-state index contributed by atoms with van der Waals surface area (Å²) in [7, 11) is 0. The number of hydrogen-bond acceptors (Lipinski definition) is 2. The molecule has 0 fully saturated rings. The van der Waals surface area contributed by atoms with E-state index in [1.165, 1.54) is 11.8 Å². The summed E-state index contributed by atoms with van der Waals surface area (Å²) in [6, 6.07) is 7.57. The summed E-state index contributed by atoms with van der Waals surface area (Å²) in [6.45, 7) is 1.94. The van der Waals surface area contributed by atoms with Crippen molar-refractivity contribution < 1.29 is 0 Å². The van der Waals surface area contributed by atoms with Crippen molar-refractivity contribution in [1.82, 2.24) is 0 Å². The predicted molar refractivity (Wildman–Crippen MR) is 66.3 cm³/mol. The highest BCUT2D eigenvalue weighted by atomic mass is 35.5. The van der Waals surface area contributed by atoms with Gasteiger partial charge >= 0.3 is 0 Å². The molecule has 1 aromatic rings. The second-order valence-corrected chi connectivity index (χ2v) is 4.47. The number of thioether (sulfide) groups is 1. The van der Waals surface area contributed by atoms with Gasteiger partial charge in [0.15, 0.2) is 0 Å². The standard InChI is InChI=1S/C11H9Cl2NS/c1-2-8(6-14)7-15-10-5-3-4-9(12)11(10)13/h3-5,7H,2H2,1H3. The Morgan fingerprint density at radius 2 is 2.27 bits per heavy atom. The van der Waals surface area contributed by atoms with E-state index in [2.05, 4.69) is 6.07 Å². The van der Waals surface area contributed by atoms with Gasteiger partial charge in [-0.1, -0.05) is 48.0 Å². The molecule has 0 saturated heterocycles. The third kappa shape index (κ3) is 3.46. The number of nitriles is 1. The molecule has 0 bridgehead atoms. The highest BCUT2D eigenvalue weighted by Gasteiger charge is 2.03. The molecule has 0 aliphatic heterocycles. The van der Waals surface area contributed by atoms with E-state index in [-0.39, 0.29) is 0 Å². The van der Waals surface area contributed by atoms with Gasteiger partial charge in [0.25, 0.3) is 0 Å². The number of benzene rings is 1. The first-order valence-corrected chi connectivity index (χ1v) is 6.02. The molecule has 1 nitrogen and oxygen atoms in total. The van der Waals surface area contributed by atoms with Gasteiger partial charge < -0.3 is 0 Å². The first-order valence-electron chi connectivity index (χ1n) is 4.38. The summed E-state index contributed by atoms with van der Waals surface area (Å²) in [5.41, 5.74) is 0.732. The average Bonchev–Trinajstić information content (AvgIpc) is 2.25. The number of allylic oxidation sites excluding steroid dienone is 1. The van der Waals surface area contributed by atoms with Gasteiger partial charge in [0, 0.05) is 10.5 Å². The Kier molecular flexibility index (Phi) is 5.04. The van der Waals surface area contributed by atoms with Crippen molar-refractivity contribution in [3.05, 3.63) is 39.2 Å². The largest absolute Gasteiger partial charge is 0.193 e. The minimum atomic E-state index is 0.532. The number of rotatable bonds is 3. The number of nitrogens with zero attached hydrogens (tertiary/aromatic N) is 1. The van der Waals surface area contributed by atoms with E-state index in [9.17, 15) is 0 Å². The van der Waals surface area contributed by atoms with Gasteiger partial charge in [0.2, 0.25) is 0 Å². The maximum Gasteiger partial charge on any atom is 0.0952 e. The molecule has 0 atom stereocenters. The molecular formula is C11H9Cl2NS. The highest BCUT2D eigenvalue weighted by molar-refractivity contribution is 8.02. The SMILES string of the molecule is CCC(C#N)=CSc1cccc(Cl)c1Cl. The Balaban J connectivity index is 2.87. The molecule has 0 saturated carbocycles. The van der Waals surface area contributed by atoms with Gasteiger partial charge in [-0.2, -0.15) is 5.26 Å². The van der Waals surface area contributed by atoms with E-state index in [4.69, 9.17) is 28.5 Å². The first kappa shape index (κ1) is 12.4. The normalized spacial score (nSPS) is 11.2. The van der Waals surface area contributed by atoms with Crippen molar-refractivity contribution in [3.63, 3.8) is 0 Å². The predicted octanol–water partition coefficient (Wildman–Crippen LogP) is 4.90. The molecule has 0 unspecified atom stereocenters. The lowest BCUT2D eigenvalue weighted by atomic mass is 10.3. The lowest BCUT2D eigenvalue weighted by Crippen LogP contribution is -1.76. The summed E-state index contributed by atoms with van der Waals surface area (Å²) < 4.78 is 0. The average molecular weight is 258 g/mol. The van der Waals surface area contributed by atoms with E-state index in [0.717, 1.165) is 16.9 Å². The van der Waals surface area contributed by atoms with Crippen molar-refractivity contribution in [1.29, 1.82) is 5.26 Å². The van der Waals surface area contributed by atoms with Crippen molar-refractivity contribution >= 4 is 35.0 Å². The van der Waals surface area contributed by atoms with Gasteiger partial charge in [0.05, 0.1) is 16.1 Å². The molecule has 0 spiro atoms. The molecule has 78 valence electrons. The monoisotopic (exact) mass is 257 g/mol. The van der Waals surface area contributed by atoms with Crippen LogP contribution in [0.1, 0.15) is 13.3 Å². The lowest BCUT2D eigenvalue weighted by Gasteiger charge is -2.01. The number of halogens is 2. The van der Waals surface area contributed by atoms with Crippen LogP contribution in [-0.4, -0.2) is 0 Å². The fourth-order valence-electron chi connectivity index (χ4n) is 0.898. The molecule has 0 radical (unpaired) electrons. The summed E-state index contributed by atoms with van der Waals surface area (Å²) in [5, 5.41) is 11.6. The fraction of sp³-hybridized carbons (Fsp3) is 0.182. The lowest BCUT2D eigenvalue weighted by molar-refractivity contribution is 1.16. The van der Waals surface area contributed by atoms with Gasteiger partial charge in [-0.15, -0.1) is 0 Å². The molecule has 0 N–H and O–H groups in total. The minimum Gasteiger partial charge on any atom is -0.193 e. The molecule has 1 aromatic carbocycles. The van der Waals surface area contributed by atoms with Crippen LogP contribution in [0.3, 0.4) is 0 Å². The zero-order chi connectivity index (χ0) is 11.3. The van der Waals surface area contributed by atoms with E-state index < -0.39 is 0 Å². The molecule has 0 heterocycles. The Morgan fingerprint density at radius 3 is 2.87 bits per heavy atom. The molecule has 0 aliphatic rings. The Hall–Kier alpha value is -0.620. The zero-order valence-electron chi connectivity index (χ0n) is 8.13. The Bertz CT molecular complexity index is 421. The van der Waals surface area contributed by atoms with E-state index in [1.807, 2.05) is 19.1 Å². The summed E-state index contributed by atoms with van der Waals surface area (Å²) in [6.07, 6.45) is 0.724. The molecule has 1 rings (SSSR count). The highest BCUT2D eigenvalue weighted by Crippen LogP contribution is 2.33. The van der Waals surface area contributed by atoms with Crippen LogP contribution in [0.5, 0.6) is 0 Å². The van der Waals surface area contributed by atoms with Crippen LogP contribution in [0.25, 0.3) is 0 Å².